The van der Waals surface area contributed by atoms with Crippen molar-refractivity contribution in [1.82, 2.24) is 4.98 Å². The number of carbonyl (C=O) groups excluding carboxylic acids is 1. The highest BCUT2D eigenvalue weighted by Crippen LogP contribution is 2.27. The van der Waals surface area contributed by atoms with E-state index < -0.39 is 0 Å². The minimum Gasteiger partial charge on any atom is -0.487 e. The summed E-state index contributed by atoms with van der Waals surface area (Å²) in [6, 6.07) is 9.20. The van der Waals surface area contributed by atoms with E-state index in [0.717, 1.165) is 29.1 Å². The number of anilines is 2. The molecule has 1 aliphatic heterocycles. The third-order valence-corrected chi connectivity index (χ3v) is 3.20. The number of pyridine rings is 1. The number of aryl methyl sites for hydroxylation is 1. The molecule has 1 aromatic carbocycles. The number of benzene rings is 1. The summed E-state index contributed by atoms with van der Waals surface area (Å²) in [5.74, 6) is 0.833. The smallest absolute Gasteiger partial charge is 0.224 e. The van der Waals surface area contributed by atoms with Crippen LogP contribution >= 0.6 is 0 Å². The van der Waals surface area contributed by atoms with Crippen LogP contribution in [-0.4, -0.2) is 10.9 Å². The van der Waals surface area contributed by atoms with Gasteiger partial charge in [-0.1, -0.05) is 0 Å². The van der Waals surface area contributed by atoms with Crippen LogP contribution in [0.25, 0.3) is 0 Å². The van der Waals surface area contributed by atoms with Crippen LogP contribution < -0.4 is 15.8 Å². The van der Waals surface area contributed by atoms with E-state index in [1.807, 2.05) is 18.2 Å². The van der Waals surface area contributed by atoms with Gasteiger partial charge in [-0.25, -0.2) is 0 Å². The van der Waals surface area contributed by atoms with Gasteiger partial charge in [-0.3, -0.25) is 9.78 Å². The molecular formula is C15H15N3O2. The summed E-state index contributed by atoms with van der Waals surface area (Å²) >= 11 is 0. The van der Waals surface area contributed by atoms with Crippen molar-refractivity contribution in [1.29, 1.82) is 0 Å². The van der Waals surface area contributed by atoms with Crippen LogP contribution in [0.15, 0.2) is 36.5 Å². The predicted octanol–water partition coefficient (Wildman–Crippen LogP) is 2.13. The Morgan fingerprint density at radius 3 is 3.00 bits per heavy atom. The molecule has 0 spiro atoms. The van der Waals surface area contributed by atoms with E-state index in [1.165, 1.54) is 0 Å². The number of ether oxygens (including phenoxy) is 1. The number of nitrogens with zero attached hydrogens (tertiary/aromatic N) is 1. The number of aromatic nitrogens is 1. The van der Waals surface area contributed by atoms with Crippen molar-refractivity contribution in [2.24, 2.45) is 0 Å². The number of carbonyl (C=O) groups is 1. The van der Waals surface area contributed by atoms with Crippen molar-refractivity contribution in [3.8, 4) is 5.75 Å². The fourth-order valence-electron chi connectivity index (χ4n) is 2.18. The maximum atomic E-state index is 11.3. The highest BCUT2D eigenvalue weighted by Gasteiger charge is 2.15. The summed E-state index contributed by atoms with van der Waals surface area (Å²) in [6.45, 7) is 0.371. The summed E-state index contributed by atoms with van der Waals surface area (Å²) in [6.07, 6.45) is 2.93. The molecule has 0 bridgehead atoms. The molecule has 1 aromatic heterocycles. The predicted molar refractivity (Wildman–Crippen MR) is 76.4 cm³/mol. The number of amides is 1. The molecule has 0 fully saturated rings. The second-order valence-electron chi connectivity index (χ2n) is 4.74. The average Bonchev–Trinajstić information content (AvgIpc) is 2.45. The zero-order valence-electron chi connectivity index (χ0n) is 10.9. The van der Waals surface area contributed by atoms with Gasteiger partial charge in [0.05, 0.1) is 5.69 Å². The SMILES string of the molecule is Nc1ccnc(COc2ccc3c(c2)CCC(=O)N3)c1. The molecule has 102 valence electrons. The number of nitrogens with one attached hydrogen (secondary N) is 1. The maximum absolute atomic E-state index is 11.3. The van der Waals surface area contributed by atoms with E-state index >= 15 is 0 Å². The highest BCUT2D eigenvalue weighted by atomic mass is 16.5. The van der Waals surface area contributed by atoms with Crippen LogP contribution in [-0.2, 0) is 17.8 Å². The van der Waals surface area contributed by atoms with Crippen LogP contribution in [0.3, 0.4) is 0 Å². The number of rotatable bonds is 3. The lowest BCUT2D eigenvalue weighted by Crippen LogP contribution is -2.18. The standard InChI is InChI=1S/C15H15N3O2/c16-11-5-6-17-12(8-11)9-20-13-2-3-14-10(7-13)1-4-15(19)18-14/h2-3,5-8H,1,4,9H2,(H2,16,17)(H,18,19). The molecule has 0 aliphatic carbocycles. The Labute approximate surface area is 116 Å². The molecular weight excluding hydrogens is 254 g/mol. The van der Waals surface area contributed by atoms with E-state index in [0.29, 0.717) is 18.7 Å². The van der Waals surface area contributed by atoms with Gasteiger partial charge in [0.1, 0.15) is 12.4 Å². The average molecular weight is 269 g/mol. The Hall–Kier alpha value is -2.56. The van der Waals surface area contributed by atoms with E-state index in [4.69, 9.17) is 10.5 Å². The first-order chi connectivity index (χ1) is 9.70. The molecule has 2 aromatic rings. The number of nitrogen functional groups attached to an aromatic ring is 1. The summed E-state index contributed by atoms with van der Waals surface area (Å²) in [5, 5.41) is 2.84. The minimum atomic E-state index is 0.0649. The zero-order valence-corrected chi connectivity index (χ0v) is 10.9. The molecule has 0 saturated heterocycles. The van der Waals surface area contributed by atoms with Gasteiger partial charge in [0, 0.05) is 24.0 Å². The van der Waals surface area contributed by atoms with Gasteiger partial charge in [0.15, 0.2) is 0 Å². The fraction of sp³-hybridized carbons (Fsp3) is 0.200. The van der Waals surface area contributed by atoms with Gasteiger partial charge >= 0.3 is 0 Å². The summed E-state index contributed by atoms with van der Waals surface area (Å²) in [7, 11) is 0. The van der Waals surface area contributed by atoms with Crippen molar-refractivity contribution >= 4 is 17.3 Å². The van der Waals surface area contributed by atoms with Crippen molar-refractivity contribution in [2.75, 3.05) is 11.1 Å². The Bertz CT molecular complexity index is 655. The van der Waals surface area contributed by atoms with Crippen molar-refractivity contribution in [2.45, 2.75) is 19.4 Å². The van der Waals surface area contributed by atoms with Crippen molar-refractivity contribution < 1.29 is 9.53 Å². The van der Waals surface area contributed by atoms with Gasteiger partial charge in [-0.2, -0.15) is 0 Å². The first kappa shape index (κ1) is 12.5. The molecule has 0 unspecified atom stereocenters. The number of nitrogens with two attached hydrogens (primary N) is 1. The molecule has 1 aliphatic rings. The molecule has 0 radical (unpaired) electrons. The molecule has 5 heteroatoms. The van der Waals surface area contributed by atoms with Gasteiger partial charge < -0.3 is 15.8 Å². The van der Waals surface area contributed by atoms with Gasteiger partial charge in [0.25, 0.3) is 0 Å². The molecule has 20 heavy (non-hydrogen) atoms. The Morgan fingerprint density at radius 1 is 1.25 bits per heavy atom. The van der Waals surface area contributed by atoms with E-state index in [1.54, 1.807) is 18.3 Å². The lowest BCUT2D eigenvalue weighted by atomic mass is 10.0. The third-order valence-electron chi connectivity index (χ3n) is 3.20. The van der Waals surface area contributed by atoms with Crippen LogP contribution in [0.2, 0.25) is 0 Å². The number of hydrogen-bond donors (Lipinski definition) is 2. The highest BCUT2D eigenvalue weighted by molar-refractivity contribution is 5.93. The second-order valence-corrected chi connectivity index (χ2v) is 4.74. The topological polar surface area (TPSA) is 77.2 Å². The number of fused-ring (bicyclic) bond motifs is 1. The first-order valence-electron chi connectivity index (χ1n) is 6.47. The Morgan fingerprint density at radius 2 is 2.15 bits per heavy atom. The Kier molecular flexibility index (Phi) is 3.25. The molecule has 5 nitrogen and oxygen atoms in total. The van der Waals surface area contributed by atoms with Gasteiger partial charge in [-0.05, 0) is 42.3 Å². The maximum Gasteiger partial charge on any atom is 0.224 e. The van der Waals surface area contributed by atoms with Crippen LogP contribution in [0.5, 0.6) is 5.75 Å². The molecule has 3 N–H and O–H groups in total. The Balaban J connectivity index is 1.71. The van der Waals surface area contributed by atoms with Crippen molar-refractivity contribution in [3.05, 3.63) is 47.8 Å². The molecule has 0 atom stereocenters. The second kappa shape index (κ2) is 5.21. The zero-order chi connectivity index (χ0) is 13.9. The normalized spacial score (nSPS) is 13.5. The largest absolute Gasteiger partial charge is 0.487 e. The van der Waals surface area contributed by atoms with Gasteiger partial charge in [0.2, 0.25) is 5.91 Å². The fourth-order valence-corrected chi connectivity index (χ4v) is 2.18. The summed E-state index contributed by atoms with van der Waals surface area (Å²) < 4.78 is 5.71. The molecule has 3 rings (SSSR count). The van der Waals surface area contributed by atoms with Gasteiger partial charge in [-0.15, -0.1) is 0 Å². The third kappa shape index (κ3) is 2.71. The van der Waals surface area contributed by atoms with E-state index in [9.17, 15) is 4.79 Å². The molecule has 2 heterocycles. The lowest BCUT2D eigenvalue weighted by Gasteiger charge is -2.17. The quantitative estimate of drug-likeness (QED) is 0.894. The van der Waals surface area contributed by atoms with Crippen LogP contribution in [0.4, 0.5) is 11.4 Å². The van der Waals surface area contributed by atoms with Crippen molar-refractivity contribution in [3.63, 3.8) is 0 Å². The summed E-state index contributed by atoms with van der Waals surface area (Å²) in [5.41, 5.74) is 9.13. The lowest BCUT2D eigenvalue weighted by molar-refractivity contribution is -0.116. The monoisotopic (exact) mass is 269 g/mol. The number of hydrogen-bond acceptors (Lipinski definition) is 4. The summed E-state index contributed by atoms with van der Waals surface area (Å²) in [4.78, 5) is 15.5. The molecule has 1 amide bonds. The first-order valence-corrected chi connectivity index (χ1v) is 6.47. The molecule has 0 saturated carbocycles. The van der Waals surface area contributed by atoms with Crippen LogP contribution in [0.1, 0.15) is 17.7 Å². The van der Waals surface area contributed by atoms with E-state index in [2.05, 4.69) is 10.3 Å². The van der Waals surface area contributed by atoms with E-state index in [-0.39, 0.29) is 5.91 Å². The minimum absolute atomic E-state index is 0.0649. The van der Waals surface area contributed by atoms with Crippen LogP contribution in [0, 0.1) is 0 Å².